The van der Waals surface area contributed by atoms with E-state index in [1.54, 1.807) is 0 Å². The monoisotopic (exact) mass is 290 g/mol. The summed E-state index contributed by atoms with van der Waals surface area (Å²) in [6, 6.07) is 0. The SMILES string of the molecule is C[C@]12CC[C@H](O)C[C@H]1CC[C@@H]1[C@@H]2CC[C@]2(C)C(O)=CC[C@@H]12. The predicted octanol–water partition coefficient (Wildman–Crippen LogP) is 4.44. The third kappa shape index (κ3) is 1.81. The minimum absolute atomic E-state index is 0.0503. The van der Waals surface area contributed by atoms with Gasteiger partial charge in [0.25, 0.3) is 0 Å². The van der Waals surface area contributed by atoms with Crippen molar-refractivity contribution >= 4 is 0 Å². The van der Waals surface area contributed by atoms with Crippen molar-refractivity contribution in [3.63, 3.8) is 0 Å². The molecule has 2 nitrogen and oxygen atoms in total. The van der Waals surface area contributed by atoms with E-state index < -0.39 is 0 Å². The number of allylic oxidation sites excluding steroid dienone is 2. The first-order chi connectivity index (χ1) is 9.95. The van der Waals surface area contributed by atoms with E-state index in [2.05, 4.69) is 19.9 Å². The van der Waals surface area contributed by atoms with Crippen LogP contribution in [0.25, 0.3) is 0 Å². The molecule has 0 amide bonds. The van der Waals surface area contributed by atoms with Gasteiger partial charge in [-0.05, 0) is 86.5 Å². The standard InChI is InChI=1S/C19H30O2/c1-18-9-7-13(20)11-12(18)3-4-14-15-5-6-17(21)19(15,2)10-8-16(14)18/h6,12-16,20-21H,3-5,7-11H2,1-2H3/t12-,13+,14+,15+,16+,18+,19+/m1/s1. The zero-order valence-electron chi connectivity index (χ0n) is 13.5. The van der Waals surface area contributed by atoms with Crippen molar-refractivity contribution in [1.29, 1.82) is 0 Å². The Labute approximate surface area is 128 Å². The molecule has 0 spiro atoms. The fourth-order valence-corrected chi connectivity index (χ4v) is 6.78. The molecule has 21 heavy (non-hydrogen) atoms. The molecular formula is C19H30O2. The molecule has 7 atom stereocenters. The Hall–Kier alpha value is -0.500. The molecule has 4 aliphatic carbocycles. The summed E-state index contributed by atoms with van der Waals surface area (Å²) in [5.74, 6) is 3.69. The van der Waals surface area contributed by atoms with Crippen LogP contribution in [0.4, 0.5) is 0 Å². The first-order valence-electron chi connectivity index (χ1n) is 9.03. The number of fused-ring (bicyclic) bond motifs is 5. The number of hydrogen-bond donors (Lipinski definition) is 2. The molecule has 0 aromatic heterocycles. The predicted molar refractivity (Wildman–Crippen MR) is 83.8 cm³/mol. The van der Waals surface area contributed by atoms with Gasteiger partial charge in [0.05, 0.1) is 11.9 Å². The Morgan fingerprint density at radius 3 is 2.67 bits per heavy atom. The number of aliphatic hydroxyl groups is 2. The van der Waals surface area contributed by atoms with Crippen LogP contribution in [0, 0.1) is 34.5 Å². The van der Waals surface area contributed by atoms with E-state index in [9.17, 15) is 10.2 Å². The third-order valence-electron chi connectivity index (χ3n) is 8.18. The fraction of sp³-hybridized carbons (Fsp3) is 0.895. The van der Waals surface area contributed by atoms with Crippen molar-refractivity contribution in [2.45, 2.75) is 71.3 Å². The highest BCUT2D eigenvalue weighted by molar-refractivity contribution is 5.20. The molecule has 3 saturated carbocycles. The zero-order valence-corrected chi connectivity index (χ0v) is 13.5. The van der Waals surface area contributed by atoms with Crippen LogP contribution in [0.15, 0.2) is 11.8 Å². The highest BCUT2D eigenvalue weighted by Gasteiger charge is 2.58. The van der Waals surface area contributed by atoms with Gasteiger partial charge in [0.2, 0.25) is 0 Å². The second-order valence-corrected chi connectivity index (χ2v) is 8.87. The van der Waals surface area contributed by atoms with Gasteiger partial charge in [-0.1, -0.05) is 13.8 Å². The molecule has 0 bridgehead atoms. The van der Waals surface area contributed by atoms with Crippen molar-refractivity contribution in [2.75, 3.05) is 0 Å². The summed E-state index contributed by atoms with van der Waals surface area (Å²) in [4.78, 5) is 0. The van der Waals surface area contributed by atoms with Gasteiger partial charge in [0, 0.05) is 5.41 Å². The molecule has 0 aliphatic heterocycles. The molecule has 0 saturated heterocycles. The van der Waals surface area contributed by atoms with E-state index in [-0.39, 0.29) is 11.5 Å². The minimum atomic E-state index is -0.0503. The third-order valence-corrected chi connectivity index (χ3v) is 8.18. The van der Waals surface area contributed by atoms with E-state index in [1.165, 1.54) is 25.7 Å². The van der Waals surface area contributed by atoms with E-state index in [1.807, 2.05) is 0 Å². The fourth-order valence-electron chi connectivity index (χ4n) is 6.78. The van der Waals surface area contributed by atoms with Crippen molar-refractivity contribution in [3.05, 3.63) is 11.8 Å². The maximum absolute atomic E-state index is 10.3. The maximum atomic E-state index is 10.3. The van der Waals surface area contributed by atoms with Crippen LogP contribution in [0.2, 0.25) is 0 Å². The normalized spacial score (nSPS) is 56.1. The highest BCUT2D eigenvalue weighted by Crippen LogP contribution is 2.65. The molecule has 2 N–H and O–H groups in total. The molecule has 118 valence electrons. The van der Waals surface area contributed by atoms with Crippen LogP contribution in [-0.2, 0) is 0 Å². The number of aliphatic hydroxyl groups excluding tert-OH is 2. The molecule has 0 unspecified atom stereocenters. The maximum Gasteiger partial charge on any atom is 0.0944 e. The van der Waals surface area contributed by atoms with Gasteiger partial charge in [-0.3, -0.25) is 0 Å². The summed E-state index contributed by atoms with van der Waals surface area (Å²) in [7, 11) is 0. The lowest BCUT2D eigenvalue weighted by molar-refractivity contribution is -0.121. The Bertz CT molecular complexity index is 470. The first kappa shape index (κ1) is 14.1. The first-order valence-corrected chi connectivity index (χ1v) is 9.03. The van der Waals surface area contributed by atoms with Crippen LogP contribution >= 0.6 is 0 Å². The number of hydrogen-bond acceptors (Lipinski definition) is 2. The van der Waals surface area contributed by atoms with Crippen LogP contribution < -0.4 is 0 Å². The lowest BCUT2D eigenvalue weighted by Gasteiger charge is -2.60. The molecule has 0 aromatic carbocycles. The Morgan fingerprint density at radius 1 is 1.05 bits per heavy atom. The summed E-state index contributed by atoms with van der Waals surface area (Å²) >= 11 is 0. The van der Waals surface area contributed by atoms with Gasteiger partial charge in [-0.15, -0.1) is 0 Å². The van der Waals surface area contributed by atoms with E-state index in [4.69, 9.17) is 0 Å². The summed E-state index contributed by atoms with van der Waals surface area (Å²) in [6.45, 7) is 4.82. The van der Waals surface area contributed by atoms with E-state index >= 15 is 0 Å². The topological polar surface area (TPSA) is 40.5 Å². The summed E-state index contributed by atoms with van der Waals surface area (Å²) in [6.07, 6.45) is 11.4. The van der Waals surface area contributed by atoms with Gasteiger partial charge in [-0.2, -0.15) is 0 Å². The molecule has 4 rings (SSSR count). The van der Waals surface area contributed by atoms with E-state index in [0.29, 0.717) is 17.1 Å². The Morgan fingerprint density at radius 2 is 1.86 bits per heavy atom. The van der Waals surface area contributed by atoms with Gasteiger partial charge in [0.15, 0.2) is 0 Å². The number of rotatable bonds is 0. The molecule has 0 aromatic rings. The average Bonchev–Trinajstić information content (AvgIpc) is 2.76. The molecule has 3 fully saturated rings. The van der Waals surface area contributed by atoms with E-state index in [0.717, 1.165) is 43.4 Å². The quantitative estimate of drug-likeness (QED) is 0.692. The smallest absolute Gasteiger partial charge is 0.0944 e. The van der Waals surface area contributed by atoms with Crippen molar-refractivity contribution < 1.29 is 10.2 Å². The highest BCUT2D eigenvalue weighted by atomic mass is 16.3. The largest absolute Gasteiger partial charge is 0.512 e. The summed E-state index contributed by atoms with van der Waals surface area (Å²) in [5.41, 5.74) is 0.514. The zero-order chi connectivity index (χ0) is 14.8. The molecular weight excluding hydrogens is 260 g/mol. The lowest BCUT2D eigenvalue weighted by atomic mass is 9.45. The molecule has 0 radical (unpaired) electrons. The van der Waals surface area contributed by atoms with Crippen molar-refractivity contribution in [2.24, 2.45) is 34.5 Å². The second-order valence-electron chi connectivity index (χ2n) is 8.87. The Kier molecular flexibility index (Phi) is 3.03. The van der Waals surface area contributed by atoms with Crippen LogP contribution in [0.3, 0.4) is 0 Å². The van der Waals surface area contributed by atoms with Crippen LogP contribution in [-0.4, -0.2) is 16.3 Å². The second kappa shape index (κ2) is 4.50. The van der Waals surface area contributed by atoms with Crippen LogP contribution in [0.1, 0.15) is 65.2 Å². The minimum Gasteiger partial charge on any atom is -0.512 e. The molecule has 2 heteroatoms. The van der Waals surface area contributed by atoms with Gasteiger partial charge in [-0.25, -0.2) is 0 Å². The summed E-state index contributed by atoms with van der Waals surface area (Å²) in [5, 5.41) is 20.4. The van der Waals surface area contributed by atoms with Gasteiger partial charge in [0.1, 0.15) is 0 Å². The lowest BCUT2D eigenvalue weighted by Crippen LogP contribution is -2.53. The summed E-state index contributed by atoms with van der Waals surface area (Å²) < 4.78 is 0. The van der Waals surface area contributed by atoms with Gasteiger partial charge >= 0.3 is 0 Å². The van der Waals surface area contributed by atoms with Crippen molar-refractivity contribution in [3.8, 4) is 0 Å². The van der Waals surface area contributed by atoms with Crippen molar-refractivity contribution in [1.82, 2.24) is 0 Å². The Balaban J connectivity index is 1.63. The van der Waals surface area contributed by atoms with Gasteiger partial charge < -0.3 is 10.2 Å². The molecule has 4 aliphatic rings. The average molecular weight is 290 g/mol. The van der Waals surface area contributed by atoms with Crippen LogP contribution in [0.5, 0.6) is 0 Å². The molecule has 0 heterocycles.